The summed E-state index contributed by atoms with van der Waals surface area (Å²) in [6.45, 7) is 2.61. The second-order valence-corrected chi connectivity index (χ2v) is 6.66. The monoisotopic (exact) mass is 392 g/mol. The number of benzene rings is 1. The van der Waals surface area contributed by atoms with Crippen LogP contribution in [0.4, 0.5) is 17.6 Å². The lowest BCUT2D eigenvalue weighted by Crippen LogP contribution is -2.28. The number of ether oxygens (including phenoxy) is 2. The molecular weight excluding hydrogens is 375 g/mol. The second-order valence-electron chi connectivity index (χ2n) is 5.31. The molecule has 1 unspecified atom stereocenters. The molecule has 1 aliphatic heterocycles. The van der Waals surface area contributed by atoms with E-state index in [1.807, 2.05) is 0 Å². The molecule has 0 N–H and O–H groups in total. The predicted octanol–water partition coefficient (Wildman–Crippen LogP) is 4.36. The van der Waals surface area contributed by atoms with E-state index >= 15 is 0 Å². The van der Waals surface area contributed by atoms with Crippen molar-refractivity contribution in [1.82, 2.24) is 0 Å². The fourth-order valence-corrected chi connectivity index (χ4v) is 2.96. The van der Waals surface area contributed by atoms with Crippen LogP contribution >= 0.6 is 21.9 Å². The molecule has 136 valence electrons. The molecule has 2 nitrogen and oxygen atoms in total. The summed E-state index contributed by atoms with van der Waals surface area (Å²) in [7, 11) is 2.32. The van der Waals surface area contributed by atoms with Crippen molar-refractivity contribution < 1.29 is 27.0 Å². The molecule has 0 saturated carbocycles. The number of alkyl halides is 1. The topological polar surface area (TPSA) is 18.5 Å². The number of allylic oxidation sites excluding steroid dienone is 5. The van der Waals surface area contributed by atoms with Crippen LogP contribution < -0.4 is 5.30 Å². The molecule has 0 spiro atoms. The van der Waals surface area contributed by atoms with Gasteiger partial charge in [-0.25, -0.2) is 17.6 Å². The number of thiol groups is 1. The van der Waals surface area contributed by atoms with Crippen molar-refractivity contribution in [3.05, 3.63) is 59.5 Å². The third-order valence-corrected chi connectivity index (χ3v) is 4.22. The Hall–Kier alpha value is -1.14. The molecule has 2 rings (SSSR count). The zero-order valence-corrected chi connectivity index (χ0v) is 15.2. The Labute approximate surface area is 151 Å². The van der Waals surface area contributed by atoms with Crippen LogP contribution in [0.25, 0.3) is 5.57 Å². The molecule has 1 heterocycles. The Balaban J connectivity index is 2.39. The SMILES string of the molecule is C=C/C(=C\C(F)=C(\F)CF)c1c(F)cc(C2OCC(S)CO2)cc1P. The molecule has 1 atom stereocenters. The van der Waals surface area contributed by atoms with Gasteiger partial charge in [0.25, 0.3) is 0 Å². The quantitative estimate of drug-likeness (QED) is 0.347. The second kappa shape index (κ2) is 8.99. The maximum Gasteiger partial charge on any atom is 0.184 e. The Bertz CT molecular complexity index is 690. The number of hydrogen-bond donors (Lipinski definition) is 1. The smallest absolute Gasteiger partial charge is 0.184 e. The van der Waals surface area contributed by atoms with Gasteiger partial charge in [0.15, 0.2) is 17.9 Å². The van der Waals surface area contributed by atoms with Gasteiger partial charge < -0.3 is 9.47 Å². The predicted molar refractivity (Wildman–Crippen MR) is 96.6 cm³/mol. The highest BCUT2D eigenvalue weighted by atomic mass is 32.1. The third-order valence-electron chi connectivity index (χ3n) is 3.46. The van der Waals surface area contributed by atoms with Gasteiger partial charge in [-0.05, 0) is 29.1 Å². The minimum atomic E-state index is -1.58. The van der Waals surface area contributed by atoms with Crippen molar-refractivity contribution in [3.8, 4) is 0 Å². The first-order valence-corrected chi connectivity index (χ1v) is 8.41. The number of rotatable bonds is 5. The van der Waals surface area contributed by atoms with E-state index in [1.165, 1.54) is 6.07 Å². The summed E-state index contributed by atoms with van der Waals surface area (Å²) in [6, 6.07) is 2.79. The first-order chi connectivity index (χ1) is 11.9. The summed E-state index contributed by atoms with van der Waals surface area (Å²) in [5, 5.41) is 0.320. The third kappa shape index (κ3) is 4.94. The van der Waals surface area contributed by atoms with Gasteiger partial charge in [0.1, 0.15) is 12.5 Å². The van der Waals surface area contributed by atoms with Gasteiger partial charge >= 0.3 is 0 Å². The Morgan fingerprint density at radius 1 is 1.32 bits per heavy atom. The summed E-state index contributed by atoms with van der Waals surface area (Å²) in [5.41, 5.74) is 0.436. The first kappa shape index (κ1) is 20.2. The van der Waals surface area contributed by atoms with E-state index in [4.69, 9.17) is 9.47 Å². The Morgan fingerprint density at radius 3 is 2.48 bits per heavy atom. The van der Waals surface area contributed by atoms with E-state index in [9.17, 15) is 17.6 Å². The fraction of sp³-hybridized carbons (Fsp3) is 0.294. The Morgan fingerprint density at radius 2 is 1.96 bits per heavy atom. The van der Waals surface area contributed by atoms with Gasteiger partial charge in [-0.1, -0.05) is 12.7 Å². The lowest BCUT2D eigenvalue weighted by Gasteiger charge is -2.27. The fourth-order valence-electron chi connectivity index (χ4n) is 2.29. The summed E-state index contributed by atoms with van der Waals surface area (Å²) in [4.78, 5) is 0. The lowest BCUT2D eigenvalue weighted by molar-refractivity contribution is -0.179. The number of halogens is 4. The highest BCUT2D eigenvalue weighted by Gasteiger charge is 2.23. The first-order valence-electron chi connectivity index (χ1n) is 7.32. The van der Waals surface area contributed by atoms with E-state index < -0.39 is 30.4 Å². The van der Waals surface area contributed by atoms with Gasteiger partial charge in [-0.2, -0.15) is 12.6 Å². The van der Waals surface area contributed by atoms with E-state index in [1.54, 1.807) is 6.07 Å². The molecule has 8 heteroatoms. The van der Waals surface area contributed by atoms with Crippen LogP contribution in [0.5, 0.6) is 0 Å². The summed E-state index contributed by atoms with van der Waals surface area (Å²) in [6.07, 6.45) is 1.13. The molecule has 0 bridgehead atoms. The summed E-state index contributed by atoms with van der Waals surface area (Å²) < 4.78 is 64.2. The van der Waals surface area contributed by atoms with Crippen LogP contribution in [0.1, 0.15) is 17.4 Å². The molecule has 25 heavy (non-hydrogen) atoms. The van der Waals surface area contributed by atoms with Crippen molar-refractivity contribution >= 4 is 32.7 Å². The van der Waals surface area contributed by atoms with Crippen molar-refractivity contribution in [2.75, 3.05) is 19.9 Å². The molecule has 0 aromatic heterocycles. The van der Waals surface area contributed by atoms with E-state index in [0.717, 1.165) is 6.08 Å². The van der Waals surface area contributed by atoms with Crippen LogP contribution in [0, 0.1) is 5.82 Å². The van der Waals surface area contributed by atoms with Crippen LogP contribution in [0.15, 0.2) is 42.5 Å². The van der Waals surface area contributed by atoms with Crippen LogP contribution in [-0.2, 0) is 9.47 Å². The van der Waals surface area contributed by atoms with Gasteiger partial charge in [0, 0.05) is 16.4 Å². The average molecular weight is 392 g/mol. The number of hydrogen-bond acceptors (Lipinski definition) is 3. The maximum absolute atomic E-state index is 14.6. The highest BCUT2D eigenvalue weighted by molar-refractivity contribution is 7.81. The molecular formula is C17H17F4O2PS. The minimum Gasteiger partial charge on any atom is -0.347 e. The zero-order chi connectivity index (χ0) is 18.6. The van der Waals surface area contributed by atoms with Crippen molar-refractivity contribution in [2.24, 2.45) is 0 Å². The molecule has 1 aliphatic rings. The molecule has 0 amide bonds. The van der Waals surface area contributed by atoms with E-state index in [2.05, 4.69) is 28.4 Å². The highest BCUT2D eigenvalue weighted by Crippen LogP contribution is 2.29. The maximum atomic E-state index is 14.6. The molecule has 1 aromatic rings. The van der Waals surface area contributed by atoms with Gasteiger partial charge in [-0.15, -0.1) is 9.24 Å². The van der Waals surface area contributed by atoms with E-state index in [-0.39, 0.29) is 16.4 Å². The van der Waals surface area contributed by atoms with Crippen molar-refractivity contribution in [2.45, 2.75) is 11.5 Å². The Kier molecular flexibility index (Phi) is 7.25. The molecule has 0 aliphatic carbocycles. The van der Waals surface area contributed by atoms with Crippen LogP contribution in [0.2, 0.25) is 0 Å². The average Bonchev–Trinajstić information content (AvgIpc) is 2.59. The molecule has 0 radical (unpaired) electrons. The van der Waals surface area contributed by atoms with Gasteiger partial charge in [0.2, 0.25) is 0 Å². The normalized spacial score (nSPS) is 22.6. The van der Waals surface area contributed by atoms with Crippen molar-refractivity contribution in [1.29, 1.82) is 0 Å². The molecule has 1 aromatic carbocycles. The summed E-state index contributed by atoms with van der Waals surface area (Å²) in [5.74, 6) is -3.67. The molecule has 1 saturated heterocycles. The standard InChI is InChI=1S/C17H17F4O2PS/c1-2-9(3-12(19)14(21)6-18)16-13(20)4-10(5-15(16)24)17-22-7-11(25)8-23-17/h2-5,11,17,25H,1,6-8,24H2/b9-3+,14-12-. The largest absolute Gasteiger partial charge is 0.347 e. The van der Waals surface area contributed by atoms with Gasteiger partial charge in [-0.3, -0.25) is 0 Å². The lowest BCUT2D eigenvalue weighted by atomic mass is 10.0. The van der Waals surface area contributed by atoms with Crippen LogP contribution in [0.3, 0.4) is 0 Å². The molecule has 1 fully saturated rings. The zero-order valence-electron chi connectivity index (χ0n) is 13.1. The summed E-state index contributed by atoms with van der Waals surface area (Å²) >= 11 is 4.22. The van der Waals surface area contributed by atoms with Crippen molar-refractivity contribution in [3.63, 3.8) is 0 Å². The minimum absolute atomic E-state index is 0.00781. The van der Waals surface area contributed by atoms with Gasteiger partial charge in [0.05, 0.1) is 13.2 Å². The van der Waals surface area contributed by atoms with E-state index in [0.29, 0.717) is 30.2 Å². The van der Waals surface area contributed by atoms with Crippen LogP contribution in [-0.4, -0.2) is 25.1 Å².